The Labute approximate surface area is 70.2 Å². The van der Waals surface area contributed by atoms with Crippen LogP contribution in [-0.2, 0) is 9.53 Å². The SMILES string of the molecule is NC(N)=NCCCOCC(=O)O. The molecule has 0 aromatic heterocycles. The molecule has 0 atom stereocenters. The maximum absolute atomic E-state index is 9.95. The van der Waals surface area contributed by atoms with Crippen LogP contribution in [0.5, 0.6) is 0 Å². The summed E-state index contributed by atoms with van der Waals surface area (Å²) in [5.41, 5.74) is 10.1. The number of guanidine groups is 1. The number of hydrogen-bond acceptors (Lipinski definition) is 3. The molecule has 6 heteroatoms. The van der Waals surface area contributed by atoms with Crippen LogP contribution in [0, 0.1) is 0 Å². The van der Waals surface area contributed by atoms with E-state index in [0.29, 0.717) is 19.6 Å². The molecule has 0 aliphatic carbocycles. The summed E-state index contributed by atoms with van der Waals surface area (Å²) in [6.45, 7) is 0.535. The Morgan fingerprint density at radius 3 is 2.67 bits per heavy atom. The van der Waals surface area contributed by atoms with Gasteiger partial charge < -0.3 is 21.3 Å². The Morgan fingerprint density at radius 1 is 1.50 bits per heavy atom. The van der Waals surface area contributed by atoms with Gasteiger partial charge in [0.15, 0.2) is 5.96 Å². The molecule has 0 aromatic rings. The first-order valence-corrected chi connectivity index (χ1v) is 3.48. The van der Waals surface area contributed by atoms with Crippen LogP contribution in [0.15, 0.2) is 4.99 Å². The molecule has 0 bridgehead atoms. The van der Waals surface area contributed by atoms with Gasteiger partial charge in [0, 0.05) is 13.2 Å². The summed E-state index contributed by atoms with van der Waals surface area (Å²) >= 11 is 0. The number of aliphatic carboxylic acids is 1. The fraction of sp³-hybridized carbons (Fsp3) is 0.667. The van der Waals surface area contributed by atoms with Crippen LogP contribution in [-0.4, -0.2) is 36.8 Å². The van der Waals surface area contributed by atoms with Gasteiger partial charge in [-0.2, -0.15) is 0 Å². The fourth-order valence-electron chi connectivity index (χ4n) is 0.534. The quantitative estimate of drug-likeness (QED) is 0.265. The molecule has 0 fully saturated rings. The Balaban J connectivity index is 3.11. The van der Waals surface area contributed by atoms with Gasteiger partial charge in [0.05, 0.1) is 0 Å². The summed E-state index contributed by atoms with van der Waals surface area (Å²) in [5, 5.41) is 8.17. The molecule has 0 unspecified atom stereocenters. The van der Waals surface area contributed by atoms with Gasteiger partial charge in [-0.25, -0.2) is 4.79 Å². The Kier molecular flexibility index (Phi) is 5.72. The van der Waals surface area contributed by atoms with Crippen LogP contribution in [0.4, 0.5) is 0 Å². The third-order valence-corrected chi connectivity index (χ3v) is 0.967. The molecular formula is C6H13N3O3. The van der Waals surface area contributed by atoms with Crippen molar-refractivity contribution in [3.63, 3.8) is 0 Å². The first-order valence-electron chi connectivity index (χ1n) is 3.48. The largest absolute Gasteiger partial charge is 0.480 e. The third-order valence-electron chi connectivity index (χ3n) is 0.967. The predicted molar refractivity (Wildman–Crippen MR) is 43.7 cm³/mol. The Morgan fingerprint density at radius 2 is 2.17 bits per heavy atom. The van der Waals surface area contributed by atoms with E-state index in [1.807, 2.05) is 0 Å². The van der Waals surface area contributed by atoms with E-state index in [4.69, 9.17) is 21.3 Å². The van der Waals surface area contributed by atoms with Crippen LogP contribution in [0.1, 0.15) is 6.42 Å². The number of carbonyl (C=O) groups is 1. The van der Waals surface area contributed by atoms with Crippen LogP contribution < -0.4 is 11.5 Å². The van der Waals surface area contributed by atoms with E-state index in [2.05, 4.69) is 4.99 Å². The number of rotatable bonds is 6. The summed E-state index contributed by atoms with van der Waals surface area (Å²) < 4.78 is 4.73. The predicted octanol–water partition coefficient (Wildman–Crippen LogP) is -1.25. The Bertz CT molecular complexity index is 165. The maximum Gasteiger partial charge on any atom is 0.329 e. The molecule has 5 N–H and O–H groups in total. The molecule has 6 nitrogen and oxygen atoms in total. The van der Waals surface area contributed by atoms with Gasteiger partial charge in [0.2, 0.25) is 0 Å². The number of hydrogen-bond donors (Lipinski definition) is 3. The van der Waals surface area contributed by atoms with Crippen LogP contribution >= 0.6 is 0 Å². The molecule has 0 rings (SSSR count). The van der Waals surface area contributed by atoms with E-state index < -0.39 is 5.97 Å². The van der Waals surface area contributed by atoms with Gasteiger partial charge in [-0.05, 0) is 6.42 Å². The van der Waals surface area contributed by atoms with E-state index in [1.165, 1.54) is 0 Å². The van der Waals surface area contributed by atoms with Crippen molar-refractivity contribution in [3.05, 3.63) is 0 Å². The highest BCUT2D eigenvalue weighted by atomic mass is 16.5. The number of nitrogens with zero attached hydrogens (tertiary/aromatic N) is 1. The van der Waals surface area contributed by atoms with Crippen LogP contribution in [0.25, 0.3) is 0 Å². The highest BCUT2D eigenvalue weighted by Gasteiger charge is 1.94. The standard InChI is InChI=1S/C6H13N3O3/c7-6(8)9-2-1-3-12-4-5(10)11/h1-4H2,(H,10,11)(H4,7,8,9). The molecule has 0 aliphatic rings. The van der Waals surface area contributed by atoms with Crippen molar-refractivity contribution in [3.8, 4) is 0 Å². The summed E-state index contributed by atoms with van der Waals surface area (Å²) in [5.74, 6) is -0.940. The zero-order chi connectivity index (χ0) is 9.40. The zero-order valence-corrected chi connectivity index (χ0v) is 6.69. The summed E-state index contributed by atoms with van der Waals surface area (Å²) in [6.07, 6.45) is 0.616. The van der Waals surface area contributed by atoms with E-state index in [9.17, 15) is 4.79 Å². The summed E-state index contributed by atoms with van der Waals surface area (Å²) in [7, 11) is 0. The lowest BCUT2D eigenvalue weighted by molar-refractivity contribution is -0.142. The molecule has 0 saturated heterocycles. The molecule has 0 radical (unpaired) electrons. The number of ether oxygens (including phenoxy) is 1. The van der Waals surface area contributed by atoms with E-state index >= 15 is 0 Å². The fourth-order valence-corrected chi connectivity index (χ4v) is 0.534. The van der Waals surface area contributed by atoms with Crippen LogP contribution in [0.3, 0.4) is 0 Å². The van der Waals surface area contributed by atoms with Crippen molar-refractivity contribution >= 4 is 11.9 Å². The average molecular weight is 175 g/mol. The van der Waals surface area contributed by atoms with Gasteiger partial charge in [-0.15, -0.1) is 0 Å². The van der Waals surface area contributed by atoms with Crippen molar-refractivity contribution in [1.29, 1.82) is 0 Å². The van der Waals surface area contributed by atoms with Gasteiger partial charge >= 0.3 is 5.97 Å². The van der Waals surface area contributed by atoms with Crippen molar-refractivity contribution in [1.82, 2.24) is 0 Å². The normalized spacial score (nSPS) is 9.33. The van der Waals surface area contributed by atoms with Gasteiger partial charge in [-0.1, -0.05) is 0 Å². The number of aliphatic imine (C=N–C) groups is 1. The van der Waals surface area contributed by atoms with Crippen molar-refractivity contribution < 1.29 is 14.6 Å². The first-order chi connectivity index (χ1) is 5.63. The number of carboxylic acids is 1. The molecule has 0 spiro atoms. The van der Waals surface area contributed by atoms with E-state index in [0.717, 1.165) is 0 Å². The number of carboxylic acid groups (broad SMARTS) is 1. The molecule has 12 heavy (non-hydrogen) atoms. The first kappa shape index (κ1) is 10.7. The smallest absolute Gasteiger partial charge is 0.329 e. The maximum atomic E-state index is 9.95. The van der Waals surface area contributed by atoms with Gasteiger partial charge in [-0.3, -0.25) is 4.99 Å². The van der Waals surface area contributed by atoms with Crippen LogP contribution in [0.2, 0.25) is 0 Å². The molecule has 0 aliphatic heterocycles. The molecule has 70 valence electrons. The lowest BCUT2D eigenvalue weighted by Crippen LogP contribution is -2.23. The monoisotopic (exact) mass is 175 g/mol. The lowest BCUT2D eigenvalue weighted by Gasteiger charge is -1.98. The second-order valence-electron chi connectivity index (χ2n) is 2.11. The topological polar surface area (TPSA) is 111 Å². The minimum absolute atomic E-state index is 0.0354. The van der Waals surface area contributed by atoms with Gasteiger partial charge in [0.25, 0.3) is 0 Å². The zero-order valence-electron chi connectivity index (χ0n) is 6.69. The Hall–Kier alpha value is -1.30. The highest BCUT2D eigenvalue weighted by molar-refractivity contribution is 5.75. The molecular weight excluding hydrogens is 162 g/mol. The van der Waals surface area contributed by atoms with Crippen molar-refractivity contribution in [2.45, 2.75) is 6.42 Å². The average Bonchev–Trinajstić information content (AvgIpc) is 1.95. The van der Waals surface area contributed by atoms with E-state index in [1.54, 1.807) is 0 Å². The minimum Gasteiger partial charge on any atom is -0.480 e. The van der Waals surface area contributed by atoms with Crippen molar-refractivity contribution in [2.24, 2.45) is 16.5 Å². The molecule has 0 aromatic carbocycles. The lowest BCUT2D eigenvalue weighted by atomic mass is 10.4. The summed E-state index contributed by atoms with van der Waals surface area (Å²) in [4.78, 5) is 13.6. The van der Waals surface area contributed by atoms with E-state index in [-0.39, 0.29) is 12.6 Å². The molecule has 0 amide bonds. The third kappa shape index (κ3) is 8.70. The van der Waals surface area contributed by atoms with Gasteiger partial charge in [0.1, 0.15) is 6.61 Å². The second-order valence-corrected chi connectivity index (χ2v) is 2.11. The molecule has 0 saturated carbocycles. The molecule has 0 heterocycles. The van der Waals surface area contributed by atoms with Crippen molar-refractivity contribution in [2.75, 3.05) is 19.8 Å². The number of nitrogens with two attached hydrogens (primary N) is 2. The minimum atomic E-state index is -0.975. The highest BCUT2D eigenvalue weighted by Crippen LogP contribution is 1.83. The summed E-state index contributed by atoms with van der Waals surface area (Å²) in [6, 6.07) is 0. The second kappa shape index (κ2) is 6.41.